The van der Waals surface area contributed by atoms with Gasteiger partial charge in [0.25, 0.3) is 0 Å². The lowest BCUT2D eigenvalue weighted by atomic mass is 10.3. The van der Waals surface area contributed by atoms with Gasteiger partial charge in [-0.2, -0.15) is 0 Å². The molecule has 0 radical (unpaired) electrons. The van der Waals surface area contributed by atoms with Crippen LogP contribution in [0.1, 0.15) is 18.2 Å². The number of hydrogen-bond donors (Lipinski definition) is 1. The number of halogens is 1. The minimum atomic E-state index is 0.517. The van der Waals surface area contributed by atoms with Crippen LogP contribution in [0, 0.1) is 5.92 Å². The van der Waals surface area contributed by atoms with Gasteiger partial charge in [-0.1, -0.05) is 0 Å². The highest BCUT2D eigenvalue weighted by Gasteiger charge is 2.39. The van der Waals surface area contributed by atoms with Crippen LogP contribution in [0.15, 0.2) is 16.9 Å². The number of rotatable bonds is 2. The smallest absolute Gasteiger partial charge is 0.131 e. The van der Waals surface area contributed by atoms with E-state index in [9.17, 15) is 0 Å². The Morgan fingerprint density at radius 1 is 1.50 bits per heavy atom. The van der Waals surface area contributed by atoms with Crippen LogP contribution >= 0.6 is 15.9 Å². The van der Waals surface area contributed by atoms with E-state index in [0.29, 0.717) is 11.8 Å². The molecule has 2 N–H and O–H groups in total. The second-order valence-corrected chi connectivity index (χ2v) is 4.01. The fourth-order valence-corrected chi connectivity index (χ4v) is 1.54. The summed E-state index contributed by atoms with van der Waals surface area (Å²) in [6.45, 7) is 0.754. The van der Waals surface area contributed by atoms with Crippen LogP contribution in [-0.2, 0) is 0 Å². The Labute approximate surface area is 79.5 Å². The van der Waals surface area contributed by atoms with Crippen molar-refractivity contribution in [2.24, 2.45) is 11.7 Å². The topological polar surface area (TPSA) is 51.8 Å². The zero-order chi connectivity index (χ0) is 8.55. The molecule has 2 atom stereocenters. The Morgan fingerprint density at radius 2 is 2.17 bits per heavy atom. The standard InChI is InChI=1S/C8H10BrN3/c9-6-3-11-8(12-4-6)7-1-5(7)2-10/h3-5,7H,1-2,10H2. The summed E-state index contributed by atoms with van der Waals surface area (Å²) in [6, 6.07) is 0. The molecule has 64 valence electrons. The van der Waals surface area contributed by atoms with Gasteiger partial charge >= 0.3 is 0 Å². The summed E-state index contributed by atoms with van der Waals surface area (Å²) in [5.41, 5.74) is 5.53. The SMILES string of the molecule is NCC1CC1c1ncc(Br)cn1. The van der Waals surface area contributed by atoms with Gasteiger partial charge in [-0.15, -0.1) is 0 Å². The maximum Gasteiger partial charge on any atom is 0.131 e. The lowest BCUT2D eigenvalue weighted by molar-refractivity contribution is 0.776. The van der Waals surface area contributed by atoms with Crippen LogP contribution in [-0.4, -0.2) is 16.5 Å². The number of nitrogens with zero attached hydrogens (tertiary/aromatic N) is 2. The lowest BCUT2D eigenvalue weighted by Gasteiger charge is -1.96. The van der Waals surface area contributed by atoms with Gasteiger partial charge < -0.3 is 5.73 Å². The van der Waals surface area contributed by atoms with Crippen molar-refractivity contribution in [3.8, 4) is 0 Å². The van der Waals surface area contributed by atoms with Crippen molar-refractivity contribution >= 4 is 15.9 Å². The highest BCUT2D eigenvalue weighted by Crippen LogP contribution is 2.44. The normalized spacial score (nSPS) is 27.2. The largest absolute Gasteiger partial charge is 0.330 e. The van der Waals surface area contributed by atoms with E-state index in [2.05, 4.69) is 25.9 Å². The summed E-state index contributed by atoms with van der Waals surface area (Å²) in [6.07, 6.45) is 4.72. The third-order valence-electron chi connectivity index (χ3n) is 2.20. The molecule has 1 aliphatic rings. The highest BCUT2D eigenvalue weighted by atomic mass is 79.9. The summed E-state index contributed by atoms with van der Waals surface area (Å²) in [5, 5.41) is 0. The van der Waals surface area contributed by atoms with E-state index in [1.807, 2.05) is 0 Å². The molecule has 1 fully saturated rings. The molecular weight excluding hydrogens is 218 g/mol. The van der Waals surface area contributed by atoms with Gasteiger partial charge in [0.15, 0.2) is 0 Å². The van der Waals surface area contributed by atoms with Crippen LogP contribution in [0.5, 0.6) is 0 Å². The molecule has 1 aromatic rings. The third-order valence-corrected chi connectivity index (χ3v) is 2.61. The van der Waals surface area contributed by atoms with Gasteiger partial charge in [-0.25, -0.2) is 9.97 Å². The van der Waals surface area contributed by atoms with Crippen molar-refractivity contribution < 1.29 is 0 Å². The van der Waals surface area contributed by atoms with Gasteiger partial charge in [0.2, 0.25) is 0 Å². The molecule has 1 saturated carbocycles. The molecule has 12 heavy (non-hydrogen) atoms. The van der Waals surface area contributed by atoms with E-state index in [1.165, 1.54) is 0 Å². The van der Waals surface area contributed by atoms with Gasteiger partial charge in [-0.05, 0) is 34.8 Å². The molecule has 0 bridgehead atoms. The minimum Gasteiger partial charge on any atom is -0.330 e. The van der Waals surface area contributed by atoms with Crippen molar-refractivity contribution in [1.82, 2.24) is 9.97 Å². The van der Waals surface area contributed by atoms with Gasteiger partial charge in [-0.3, -0.25) is 0 Å². The summed E-state index contributed by atoms with van der Waals surface area (Å²) in [7, 11) is 0. The second-order valence-electron chi connectivity index (χ2n) is 3.10. The highest BCUT2D eigenvalue weighted by molar-refractivity contribution is 9.10. The summed E-state index contributed by atoms with van der Waals surface area (Å²) >= 11 is 3.30. The molecular formula is C8H10BrN3. The van der Waals surface area contributed by atoms with Crippen LogP contribution in [0.3, 0.4) is 0 Å². The Morgan fingerprint density at radius 3 is 2.67 bits per heavy atom. The van der Waals surface area contributed by atoms with Crippen molar-refractivity contribution in [2.75, 3.05) is 6.54 Å². The Kier molecular flexibility index (Phi) is 2.11. The van der Waals surface area contributed by atoms with Crippen molar-refractivity contribution in [3.63, 3.8) is 0 Å². The average molecular weight is 228 g/mol. The van der Waals surface area contributed by atoms with Crippen LogP contribution in [0.2, 0.25) is 0 Å². The van der Waals surface area contributed by atoms with E-state index >= 15 is 0 Å². The molecule has 0 aliphatic heterocycles. The van der Waals surface area contributed by atoms with Crippen LogP contribution in [0.25, 0.3) is 0 Å². The Bertz CT molecular complexity index is 272. The first-order valence-corrected chi connectivity index (χ1v) is 4.78. The van der Waals surface area contributed by atoms with E-state index in [0.717, 1.165) is 23.3 Å². The molecule has 0 spiro atoms. The predicted octanol–water partition coefficient (Wildman–Crippen LogP) is 1.30. The second kappa shape index (κ2) is 3.11. The molecule has 0 saturated heterocycles. The fraction of sp³-hybridized carbons (Fsp3) is 0.500. The number of nitrogens with two attached hydrogens (primary N) is 1. The molecule has 0 amide bonds. The first-order valence-electron chi connectivity index (χ1n) is 3.98. The van der Waals surface area contributed by atoms with E-state index in [1.54, 1.807) is 12.4 Å². The molecule has 1 aliphatic carbocycles. The number of aromatic nitrogens is 2. The van der Waals surface area contributed by atoms with Gasteiger partial charge in [0.1, 0.15) is 5.82 Å². The lowest BCUT2D eigenvalue weighted by Crippen LogP contribution is -2.03. The van der Waals surface area contributed by atoms with E-state index in [4.69, 9.17) is 5.73 Å². The molecule has 3 nitrogen and oxygen atoms in total. The average Bonchev–Trinajstić information content (AvgIpc) is 2.85. The molecule has 1 aromatic heterocycles. The van der Waals surface area contributed by atoms with E-state index < -0.39 is 0 Å². The quantitative estimate of drug-likeness (QED) is 0.829. The fourth-order valence-electron chi connectivity index (χ4n) is 1.34. The van der Waals surface area contributed by atoms with Crippen molar-refractivity contribution in [3.05, 3.63) is 22.7 Å². The van der Waals surface area contributed by atoms with Crippen molar-refractivity contribution in [1.29, 1.82) is 0 Å². The summed E-state index contributed by atoms with van der Waals surface area (Å²) in [5.74, 6) is 2.07. The van der Waals surface area contributed by atoms with Crippen LogP contribution < -0.4 is 5.73 Å². The maximum atomic E-state index is 5.53. The minimum absolute atomic E-state index is 0.517. The monoisotopic (exact) mass is 227 g/mol. The van der Waals surface area contributed by atoms with Gasteiger partial charge in [0, 0.05) is 18.3 Å². The number of hydrogen-bond acceptors (Lipinski definition) is 3. The molecule has 4 heteroatoms. The first kappa shape index (κ1) is 8.13. The third kappa shape index (κ3) is 1.49. The van der Waals surface area contributed by atoms with Crippen LogP contribution in [0.4, 0.5) is 0 Å². The zero-order valence-electron chi connectivity index (χ0n) is 6.57. The molecule has 1 heterocycles. The Balaban J connectivity index is 2.10. The van der Waals surface area contributed by atoms with Crippen molar-refractivity contribution in [2.45, 2.75) is 12.3 Å². The van der Waals surface area contributed by atoms with Gasteiger partial charge in [0.05, 0.1) is 4.47 Å². The zero-order valence-corrected chi connectivity index (χ0v) is 8.16. The summed E-state index contributed by atoms with van der Waals surface area (Å²) in [4.78, 5) is 8.45. The first-order chi connectivity index (χ1) is 5.81. The summed E-state index contributed by atoms with van der Waals surface area (Å²) < 4.78 is 0.927. The predicted molar refractivity (Wildman–Crippen MR) is 49.6 cm³/mol. The van der Waals surface area contributed by atoms with E-state index in [-0.39, 0.29) is 0 Å². The molecule has 2 rings (SSSR count). The maximum absolute atomic E-state index is 5.53. The molecule has 0 aromatic carbocycles. The Hall–Kier alpha value is -0.480. The molecule has 2 unspecified atom stereocenters.